The Labute approximate surface area is 110 Å². The summed E-state index contributed by atoms with van der Waals surface area (Å²) in [5.74, 6) is 0. The van der Waals surface area contributed by atoms with Crippen LogP contribution in [0.2, 0.25) is 0 Å². The van der Waals surface area contributed by atoms with Crippen LogP contribution in [0.1, 0.15) is 6.42 Å². The SMILES string of the molecule is CNCC1(CN2CCN(CCO)CC2)CCOC1. The summed E-state index contributed by atoms with van der Waals surface area (Å²) in [6.07, 6.45) is 1.17. The van der Waals surface area contributed by atoms with Crippen molar-refractivity contribution in [1.82, 2.24) is 15.1 Å². The molecule has 0 aromatic rings. The van der Waals surface area contributed by atoms with Crippen LogP contribution >= 0.6 is 0 Å². The number of hydrogen-bond donors (Lipinski definition) is 2. The summed E-state index contributed by atoms with van der Waals surface area (Å²) in [7, 11) is 2.03. The minimum Gasteiger partial charge on any atom is -0.395 e. The van der Waals surface area contributed by atoms with Crippen LogP contribution < -0.4 is 5.32 Å². The smallest absolute Gasteiger partial charge is 0.0558 e. The summed E-state index contributed by atoms with van der Waals surface area (Å²) >= 11 is 0. The van der Waals surface area contributed by atoms with Crippen molar-refractivity contribution in [2.45, 2.75) is 6.42 Å². The molecule has 0 aromatic carbocycles. The van der Waals surface area contributed by atoms with E-state index in [1.807, 2.05) is 7.05 Å². The average molecular weight is 257 g/mol. The third kappa shape index (κ3) is 3.65. The van der Waals surface area contributed by atoms with E-state index in [2.05, 4.69) is 15.1 Å². The lowest BCUT2D eigenvalue weighted by Gasteiger charge is -2.39. The van der Waals surface area contributed by atoms with Gasteiger partial charge >= 0.3 is 0 Å². The van der Waals surface area contributed by atoms with E-state index in [4.69, 9.17) is 9.84 Å². The van der Waals surface area contributed by atoms with Crippen LogP contribution in [0, 0.1) is 5.41 Å². The molecule has 1 atom stereocenters. The van der Waals surface area contributed by atoms with Gasteiger partial charge in [-0.1, -0.05) is 0 Å². The number of nitrogens with one attached hydrogen (secondary N) is 1. The van der Waals surface area contributed by atoms with Crippen LogP contribution in [0.25, 0.3) is 0 Å². The predicted octanol–water partition coefficient (Wildman–Crippen LogP) is -0.778. The van der Waals surface area contributed by atoms with Gasteiger partial charge < -0.3 is 20.1 Å². The van der Waals surface area contributed by atoms with Gasteiger partial charge in [0, 0.05) is 57.8 Å². The van der Waals surface area contributed by atoms with E-state index in [1.165, 1.54) is 6.42 Å². The van der Waals surface area contributed by atoms with Gasteiger partial charge in [0.25, 0.3) is 0 Å². The van der Waals surface area contributed by atoms with Crippen molar-refractivity contribution >= 4 is 0 Å². The van der Waals surface area contributed by atoms with Gasteiger partial charge in [-0.05, 0) is 13.5 Å². The van der Waals surface area contributed by atoms with Crippen molar-refractivity contribution in [3.63, 3.8) is 0 Å². The van der Waals surface area contributed by atoms with E-state index >= 15 is 0 Å². The van der Waals surface area contributed by atoms with Crippen molar-refractivity contribution in [3.05, 3.63) is 0 Å². The summed E-state index contributed by atoms with van der Waals surface area (Å²) in [4.78, 5) is 4.90. The first-order chi connectivity index (χ1) is 8.78. The van der Waals surface area contributed by atoms with Gasteiger partial charge in [0.1, 0.15) is 0 Å². The zero-order chi connectivity index (χ0) is 12.8. The number of β-amino-alcohol motifs (C(OH)–C–C–N with tert-alkyl or cyclic N) is 1. The van der Waals surface area contributed by atoms with E-state index < -0.39 is 0 Å². The normalized spacial score (nSPS) is 31.0. The fraction of sp³-hybridized carbons (Fsp3) is 1.00. The van der Waals surface area contributed by atoms with Gasteiger partial charge in [-0.2, -0.15) is 0 Å². The summed E-state index contributed by atoms with van der Waals surface area (Å²) in [5.41, 5.74) is 0.313. The van der Waals surface area contributed by atoms with Gasteiger partial charge in [0.2, 0.25) is 0 Å². The van der Waals surface area contributed by atoms with Crippen molar-refractivity contribution < 1.29 is 9.84 Å². The molecule has 0 spiro atoms. The molecule has 5 nitrogen and oxygen atoms in total. The Morgan fingerprint density at radius 3 is 2.50 bits per heavy atom. The van der Waals surface area contributed by atoms with E-state index in [1.54, 1.807) is 0 Å². The molecule has 18 heavy (non-hydrogen) atoms. The third-order valence-electron chi connectivity index (χ3n) is 4.18. The second-order valence-electron chi connectivity index (χ2n) is 5.67. The summed E-state index contributed by atoms with van der Waals surface area (Å²) in [6.45, 7) is 9.47. The highest BCUT2D eigenvalue weighted by Crippen LogP contribution is 2.29. The average Bonchev–Trinajstić information content (AvgIpc) is 2.81. The monoisotopic (exact) mass is 257 g/mol. The third-order valence-corrected chi connectivity index (χ3v) is 4.18. The van der Waals surface area contributed by atoms with Crippen LogP contribution in [0.15, 0.2) is 0 Å². The molecule has 5 heteroatoms. The maximum absolute atomic E-state index is 8.95. The maximum atomic E-state index is 8.95. The van der Waals surface area contributed by atoms with E-state index in [-0.39, 0.29) is 6.61 Å². The molecule has 0 bridgehead atoms. The molecule has 0 amide bonds. The summed E-state index contributed by atoms with van der Waals surface area (Å²) in [6, 6.07) is 0. The van der Waals surface area contributed by atoms with Gasteiger partial charge in [-0.25, -0.2) is 0 Å². The number of aliphatic hydroxyl groups is 1. The Bertz CT molecular complexity index is 236. The molecule has 0 aromatic heterocycles. The number of ether oxygens (including phenoxy) is 1. The van der Waals surface area contributed by atoms with Gasteiger partial charge in [0.15, 0.2) is 0 Å². The Morgan fingerprint density at radius 1 is 1.22 bits per heavy atom. The van der Waals surface area contributed by atoms with Crippen LogP contribution in [0.4, 0.5) is 0 Å². The second kappa shape index (κ2) is 6.82. The zero-order valence-corrected chi connectivity index (χ0v) is 11.5. The Kier molecular flexibility index (Phi) is 5.38. The number of piperazine rings is 1. The molecular weight excluding hydrogens is 230 g/mol. The van der Waals surface area contributed by atoms with Crippen LogP contribution in [0.5, 0.6) is 0 Å². The first-order valence-electron chi connectivity index (χ1n) is 7.06. The van der Waals surface area contributed by atoms with Gasteiger partial charge in [-0.3, -0.25) is 4.90 Å². The fourth-order valence-corrected chi connectivity index (χ4v) is 3.13. The minimum atomic E-state index is 0.275. The molecule has 2 saturated heterocycles. The Balaban J connectivity index is 1.79. The quantitative estimate of drug-likeness (QED) is 0.654. The zero-order valence-electron chi connectivity index (χ0n) is 11.5. The maximum Gasteiger partial charge on any atom is 0.0558 e. The van der Waals surface area contributed by atoms with Crippen molar-refractivity contribution in [3.8, 4) is 0 Å². The van der Waals surface area contributed by atoms with Crippen LogP contribution in [-0.4, -0.2) is 87.6 Å². The lowest BCUT2D eigenvalue weighted by molar-refractivity contribution is 0.0657. The van der Waals surface area contributed by atoms with Crippen LogP contribution in [0.3, 0.4) is 0 Å². The molecule has 2 rings (SSSR count). The van der Waals surface area contributed by atoms with Crippen molar-refractivity contribution in [2.75, 3.05) is 72.7 Å². The highest BCUT2D eigenvalue weighted by atomic mass is 16.5. The lowest BCUT2D eigenvalue weighted by Crippen LogP contribution is -2.52. The van der Waals surface area contributed by atoms with Crippen molar-refractivity contribution in [1.29, 1.82) is 0 Å². The molecule has 106 valence electrons. The highest BCUT2D eigenvalue weighted by Gasteiger charge is 2.36. The molecule has 2 heterocycles. The minimum absolute atomic E-state index is 0.275. The Hall–Kier alpha value is -0.200. The first kappa shape index (κ1) is 14.2. The van der Waals surface area contributed by atoms with Crippen LogP contribution in [-0.2, 0) is 4.74 Å². The van der Waals surface area contributed by atoms with E-state index in [9.17, 15) is 0 Å². The number of rotatable bonds is 6. The molecule has 2 aliphatic heterocycles. The fourth-order valence-electron chi connectivity index (χ4n) is 3.13. The molecule has 1 unspecified atom stereocenters. The number of aliphatic hydroxyl groups excluding tert-OH is 1. The number of hydrogen-bond acceptors (Lipinski definition) is 5. The number of nitrogens with zero attached hydrogens (tertiary/aromatic N) is 2. The van der Waals surface area contributed by atoms with E-state index in [0.717, 1.165) is 59.0 Å². The predicted molar refractivity (Wildman–Crippen MR) is 71.8 cm³/mol. The first-order valence-corrected chi connectivity index (χ1v) is 7.06. The highest BCUT2D eigenvalue weighted by molar-refractivity contribution is 4.89. The molecule has 0 aliphatic carbocycles. The van der Waals surface area contributed by atoms with Crippen molar-refractivity contribution in [2.24, 2.45) is 5.41 Å². The molecule has 0 radical (unpaired) electrons. The molecule has 2 N–H and O–H groups in total. The standard InChI is InChI=1S/C13H27N3O2/c1-14-10-13(2-9-18-12-13)11-16-5-3-15(4-6-16)7-8-17/h14,17H,2-12H2,1H3. The van der Waals surface area contributed by atoms with E-state index in [0.29, 0.717) is 5.41 Å². The molecule has 2 aliphatic rings. The van der Waals surface area contributed by atoms with Gasteiger partial charge in [-0.15, -0.1) is 0 Å². The molecule has 0 saturated carbocycles. The summed E-state index contributed by atoms with van der Waals surface area (Å²) < 4.78 is 5.60. The Morgan fingerprint density at radius 2 is 1.94 bits per heavy atom. The molecular formula is C13H27N3O2. The second-order valence-corrected chi connectivity index (χ2v) is 5.67. The topological polar surface area (TPSA) is 48.0 Å². The lowest BCUT2D eigenvalue weighted by atomic mass is 9.86. The summed E-state index contributed by atoms with van der Waals surface area (Å²) in [5, 5.41) is 12.3. The largest absolute Gasteiger partial charge is 0.395 e. The molecule has 2 fully saturated rings. The van der Waals surface area contributed by atoms with Gasteiger partial charge in [0.05, 0.1) is 13.2 Å².